The lowest BCUT2D eigenvalue weighted by Crippen LogP contribution is -2.31. The van der Waals surface area contributed by atoms with Crippen LogP contribution in [0.4, 0.5) is 5.69 Å². The number of aromatic nitrogens is 1. The second-order valence-corrected chi connectivity index (χ2v) is 13.6. The summed E-state index contributed by atoms with van der Waals surface area (Å²) in [4.78, 5) is 6.62. The molecule has 4 nitrogen and oxygen atoms in total. The summed E-state index contributed by atoms with van der Waals surface area (Å²) in [6.07, 6.45) is 2.03. The van der Waals surface area contributed by atoms with Crippen molar-refractivity contribution in [2.45, 2.75) is 30.7 Å². The molecule has 0 saturated carbocycles. The number of thioether (sulfide) groups is 1. The van der Waals surface area contributed by atoms with Crippen molar-refractivity contribution in [3.8, 4) is 0 Å². The van der Waals surface area contributed by atoms with E-state index in [4.69, 9.17) is 9.47 Å². The highest BCUT2D eigenvalue weighted by Gasteiger charge is 2.14. The van der Waals surface area contributed by atoms with Crippen LogP contribution in [-0.2, 0) is 9.47 Å². The van der Waals surface area contributed by atoms with Gasteiger partial charge in [0.05, 0.1) is 11.6 Å². The van der Waals surface area contributed by atoms with Gasteiger partial charge in [0.2, 0.25) is 0 Å². The molecule has 0 atom stereocenters. The van der Waals surface area contributed by atoms with Crippen LogP contribution in [-0.4, -0.2) is 52.9 Å². The van der Waals surface area contributed by atoms with Gasteiger partial charge >= 0.3 is 0 Å². The lowest BCUT2D eigenvalue weighted by atomic mass is 10.3. The number of ether oxygens (including phenoxy) is 2. The highest BCUT2D eigenvalue weighted by Crippen LogP contribution is 2.24. The number of pyridine rings is 1. The van der Waals surface area contributed by atoms with Crippen LogP contribution in [0, 0.1) is 0 Å². The van der Waals surface area contributed by atoms with Gasteiger partial charge in [-0.25, -0.2) is 4.98 Å². The zero-order chi connectivity index (χ0) is 16.6. The number of hydrogen-bond acceptors (Lipinski definition) is 5. The van der Waals surface area contributed by atoms with Crippen molar-refractivity contribution < 1.29 is 9.47 Å². The van der Waals surface area contributed by atoms with Gasteiger partial charge in [0.25, 0.3) is 0 Å². The number of halogens is 1. The molecule has 1 aromatic heterocycles. The lowest BCUT2D eigenvalue weighted by Gasteiger charge is -2.25. The standard InChI is InChI=1S/C15H27BrN2O2SSi/c1-19-7-6-18(12-20-8-9-22(3,4)5)13-10-14(16)17-15(11-13)21-2/h10-11H,6-9,12H2,1-5H3. The van der Waals surface area contributed by atoms with Crippen molar-refractivity contribution in [1.29, 1.82) is 0 Å². The molecule has 0 fully saturated rings. The Kier molecular flexibility index (Phi) is 9.00. The van der Waals surface area contributed by atoms with Gasteiger partial charge < -0.3 is 14.4 Å². The fourth-order valence-electron chi connectivity index (χ4n) is 1.77. The second-order valence-electron chi connectivity index (χ2n) is 6.29. The van der Waals surface area contributed by atoms with Crippen LogP contribution in [0.15, 0.2) is 21.8 Å². The Labute approximate surface area is 148 Å². The highest BCUT2D eigenvalue weighted by atomic mass is 79.9. The zero-order valence-corrected chi connectivity index (χ0v) is 17.6. The van der Waals surface area contributed by atoms with Gasteiger partial charge in [-0.2, -0.15) is 0 Å². The molecule has 7 heteroatoms. The van der Waals surface area contributed by atoms with Crippen LogP contribution in [0.5, 0.6) is 0 Å². The first-order valence-corrected chi connectivity index (χ1v) is 13.1. The van der Waals surface area contributed by atoms with Gasteiger partial charge in [-0.05, 0) is 40.4 Å². The molecule has 0 spiro atoms. The molecular weight excluding hydrogens is 380 g/mol. The smallest absolute Gasteiger partial charge is 0.118 e. The van der Waals surface area contributed by atoms with Gasteiger partial charge in [0, 0.05) is 34.0 Å². The van der Waals surface area contributed by atoms with Crippen LogP contribution in [0.2, 0.25) is 25.7 Å². The number of hydrogen-bond donors (Lipinski definition) is 0. The molecule has 1 heterocycles. The molecule has 0 saturated heterocycles. The fraction of sp³-hybridized carbons (Fsp3) is 0.667. The Bertz CT molecular complexity index is 458. The summed E-state index contributed by atoms with van der Waals surface area (Å²) in [6.45, 7) is 9.97. The van der Waals surface area contributed by atoms with Crippen molar-refractivity contribution in [1.82, 2.24) is 4.98 Å². The topological polar surface area (TPSA) is 34.6 Å². The summed E-state index contributed by atoms with van der Waals surface area (Å²) >= 11 is 5.12. The minimum atomic E-state index is -1.05. The van der Waals surface area contributed by atoms with E-state index >= 15 is 0 Å². The molecule has 0 aliphatic heterocycles. The van der Waals surface area contributed by atoms with Crippen molar-refractivity contribution >= 4 is 41.5 Å². The molecule has 0 N–H and O–H groups in total. The minimum Gasteiger partial charge on any atom is -0.383 e. The predicted molar refractivity (Wildman–Crippen MR) is 102 cm³/mol. The summed E-state index contributed by atoms with van der Waals surface area (Å²) < 4.78 is 12.0. The number of nitrogens with zero attached hydrogens (tertiary/aromatic N) is 2. The summed E-state index contributed by atoms with van der Waals surface area (Å²) in [5.74, 6) is 0. The van der Waals surface area contributed by atoms with Crippen LogP contribution in [0.25, 0.3) is 0 Å². The number of anilines is 1. The Morgan fingerprint density at radius 3 is 2.59 bits per heavy atom. The van der Waals surface area contributed by atoms with Gasteiger partial charge in [0.1, 0.15) is 11.3 Å². The van der Waals surface area contributed by atoms with E-state index in [0.29, 0.717) is 13.3 Å². The number of methoxy groups -OCH3 is 1. The lowest BCUT2D eigenvalue weighted by molar-refractivity contribution is 0.136. The second kappa shape index (κ2) is 9.92. The third-order valence-corrected chi connectivity index (χ3v) is 5.88. The van der Waals surface area contributed by atoms with Crippen molar-refractivity contribution in [2.24, 2.45) is 0 Å². The largest absolute Gasteiger partial charge is 0.383 e. The van der Waals surface area contributed by atoms with E-state index in [1.165, 1.54) is 6.04 Å². The van der Waals surface area contributed by atoms with Crippen molar-refractivity contribution in [2.75, 3.05) is 44.8 Å². The quantitative estimate of drug-likeness (QED) is 0.190. The third-order valence-electron chi connectivity index (χ3n) is 3.14. The monoisotopic (exact) mass is 406 g/mol. The first-order chi connectivity index (χ1) is 10.4. The third kappa shape index (κ3) is 7.96. The Morgan fingerprint density at radius 2 is 2.00 bits per heavy atom. The van der Waals surface area contributed by atoms with E-state index in [9.17, 15) is 0 Å². The average molecular weight is 407 g/mol. The Hall–Kier alpha value is -0.0831. The van der Waals surface area contributed by atoms with Gasteiger partial charge in [-0.3, -0.25) is 0 Å². The maximum absolute atomic E-state index is 5.90. The van der Waals surface area contributed by atoms with Gasteiger partial charge in [-0.15, -0.1) is 11.8 Å². The molecule has 0 aliphatic rings. The molecular formula is C15H27BrN2O2SSi. The molecule has 0 amide bonds. The van der Waals surface area contributed by atoms with E-state index in [0.717, 1.165) is 28.5 Å². The minimum absolute atomic E-state index is 0.581. The normalized spacial score (nSPS) is 11.7. The average Bonchev–Trinajstić information content (AvgIpc) is 2.44. The molecule has 126 valence electrons. The van der Waals surface area contributed by atoms with Gasteiger partial charge in [-0.1, -0.05) is 19.6 Å². The van der Waals surface area contributed by atoms with E-state index in [1.807, 2.05) is 12.3 Å². The van der Waals surface area contributed by atoms with E-state index in [-0.39, 0.29) is 0 Å². The van der Waals surface area contributed by atoms with Gasteiger partial charge in [0.15, 0.2) is 0 Å². The summed E-state index contributed by atoms with van der Waals surface area (Å²) in [6, 6.07) is 5.30. The summed E-state index contributed by atoms with van der Waals surface area (Å²) in [5, 5.41) is 0.994. The molecule has 0 bridgehead atoms. The maximum Gasteiger partial charge on any atom is 0.118 e. The van der Waals surface area contributed by atoms with E-state index < -0.39 is 8.07 Å². The first kappa shape index (κ1) is 20.0. The molecule has 1 rings (SSSR count). The number of rotatable bonds is 10. The Balaban J connectivity index is 2.69. The van der Waals surface area contributed by atoms with Crippen LogP contribution in [0.1, 0.15) is 0 Å². The van der Waals surface area contributed by atoms with Crippen LogP contribution >= 0.6 is 27.7 Å². The highest BCUT2D eigenvalue weighted by molar-refractivity contribution is 9.10. The predicted octanol–water partition coefficient (Wildman–Crippen LogP) is 4.33. The first-order valence-electron chi connectivity index (χ1n) is 7.39. The molecule has 0 aliphatic carbocycles. The van der Waals surface area contributed by atoms with Crippen molar-refractivity contribution in [3.05, 3.63) is 16.7 Å². The fourth-order valence-corrected chi connectivity index (χ4v) is 3.50. The maximum atomic E-state index is 5.90. The molecule has 22 heavy (non-hydrogen) atoms. The molecule has 0 radical (unpaired) electrons. The molecule has 0 aromatic carbocycles. The van der Waals surface area contributed by atoms with Crippen LogP contribution in [0.3, 0.4) is 0 Å². The zero-order valence-electron chi connectivity index (χ0n) is 14.2. The SMILES string of the molecule is COCCN(COCC[Si](C)(C)C)c1cc(Br)nc(SC)c1. The van der Waals surface area contributed by atoms with E-state index in [1.54, 1.807) is 18.9 Å². The van der Waals surface area contributed by atoms with Crippen molar-refractivity contribution in [3.63, 3.8) is 0 Å². The Morgan fingerprint density at radius 1 is 1.27 bits per heavy atom. The molecule has 1 aromatic rings. The van der Waals surface area contributed by atoms with E-state index in [2.05, 4.69) is 51.5 Å². The summed E-state index contributed by atoms with van der Waals surface area (Å²) in [5.41, 5.74) is 1.11. The van der Waals surface area contributed by atoms with Crippen LogP contribution < -0.4 is 4.90 Å². The molecule has 0 unspecified atom stereocenters. The summed E-state index contributed by atoms with van der Waals surface area (Å²) in [7, 11) is 0.676.